The highest BCUT2D eigenvalue weighted by Gasteiger charge is 2.55. The van der Waals surface area contributed by atoms with Crippen LogP contribution in [0.25, 0.3) is 0 Å². The molecule has 2 fully saturated rings. The topological polar surface area (TPSA) is 81.9 Å². The van der Waals surface area contributed by atoms with E-state index in [0.29, 0.717) is 30.7 Å². The molecular formula is C28H42N2O4. The molecule has 2 N–H and O–H groups in total. The number of benzene rings is 1. The average Bonchev–Trinajstić information content (AvgIpc) is 2.74. The fourth-order valence-corrected chi connectivity index (χ4v) is 6.52. The predicted octanol–water partition coefficient (Wildman–Crippen LogP) is 4.86. The third kappa shape index (κ3) is 4.98. The molecule has 0 aromatic heterocycles. The molecule has 0 aliphatic carbocycles. The van der Waals surface area contributed by atoms with Gasteiger partial charge >= 0.3 is 0 Å². The molecule has 0 unspecified atom stereocenters. The lowest BCUT2D eigenvalue weighted by molar-refractivity contribution is -0.176. The second kappa shape index (κ2) is 9.52. The van der Waals surface area contributed by atoms with Crippen molar-refractivity contribution in [3.05, 3.63) is 29.8 Å². The molecule has 1 aromatic rings. The van der Waals surface area contributed by atoms with Gasteiger partial charge in [0, 0.05) is 25.5 Å². The summed E-state index contributed by atoms with van der Waals surface area (Å²) in [5.74, 6) is 0.677. The number of amides is 2. The van der Waals surface area contributed by atoms with Crippen LogP contribution in [0.15, 0.2) is 24.3 Å². The molecular weight excluding hydrogens is 428 g/mol. The lowest BCUT2D eigenvalue weighted by Crippen LogP contribution is -2.64. The number of hydrogen-bond donors (Lipinski definition) is 1. The average molecular weight is 471 g/mol. The van der Waals surface area contributed by atoms with Crippen LogP contribution in [-0.4, -0.2) is 41.2 Å². The highest BCUT2D eigenvalue weighted by Crippen LogP contribution is 2.50. The van der Waals surface area contributed by atoms with Crippen LogP contribution in [0.2, 0.25) is 0 Å². The Morgan fingerprint density at radius 3 is 2.56 bits per heavy atom. The Labute approximate surface area is 204 Å². The number of carbonyl (C=O) groups excluding carboxylic acids is 2. The fourth-order valence-electron chi connectivity index (χ4n) is 6.52. The minimum absolute atomic E-state index is 0.105. The molecule has 188 valence electrons. The van der Waals surface area contributed by atoms with Crippen LogP contribution in [0, 0.1) is 23.7 Å². The number of hydrogen-bond acceptors (Lipinski definition) is 4. The van der Waals surface area contributed by atoms with Crippen molar-refractivity contribution in [3.8, 4) is 5.75 Å². The molecule has 5 atom stereocenters. The molecule has 2 bridgehead atoms. The van der Waals surface area contributed by atoms with Crippen LogP contribution in [-0.2, 0) is 14.3 Å². The van der Waals surface area contributed by atoms with E-state index in [4.69, 9.17) is 15.2 Å². The number of nitrogens with zero attached hydrogens (tertiary/aromatic N) is 1. The molecule has 3 heterocycles. The summed E-state index contributed by atoms with van der Waals surface area (Å²) in [4.78, 5) is 28.0. The Morgan fingerprint density at radius 2 is 1.88 bits per heavy atom. The van der Waals surface area contributed by atoms with Gasteiger partial charge in [-0.05, 0) is 75.8 Å². The summed E-state index contributed by atoms with van der Waals surface area (Å²) in [5.41, 5.74) is 5.84. The second-order valence-corrected chi connectivity index (χ2v) is 11.9. The first kappa shape index (κ1) is 25.0. The summed E-state index contributed by atoms with van der Waals surface area (Å²) in [6.07, 6.45) is 5.90. The number of rotatable bonds is 8. The van der Waals surface area contributed by atoms with Gasteiger partial charge in [-0.1, -0.05) is 38.5 Å². The minimum Gasteiger partial charge on any atom is -0.468 e. The van der Waals surface area contributed by atoms with E-state index in [-0.39, 0.29) is 17.4 Å². The number of carbonyl (C=O) groups is 2. The van der Waals surface area contributed by atoms with Gasteiger partial charge in [0.1, 0.15) is 11.7 Å². The number of nitrogens with two attached hydrogens (primary N) is 1. The molecule has 2 amide bonds. The van der Waals surface area contributed by atoms with Crippen molar-refractivity contribution in [1.29, 1.82) is 0 Å². The Hall–Kier alpha value is -2.08. The first-order valence-corrected chi connectivity index (χ1v) is 13.0. The number of para-hydroxylation sites is 1. The molecule has 0 radical (unpaired) electrons. The molecule has 2 saturated heterocycles. The van der Waals surface area contributed by atoms with Crippen molar-refractivity contribution in [1.82, 2.24) is 4.90 Å². The number of piperidine rings is 1. The number of fused-ring (bicyclic) bond motifs is 4. The fraction of sp³-hybridized carbons (Fsp3) is 0.714. The summed E-state index contributed by atoms with van der Waals surface area (Å²) < 4.78 is 12.4. The van der Waals surface area contributed by atoms with Gasteiger partial charge in [-0.3, -0.25) is 9.59 Å². The summed E-state index contributed by atoms with van der Waals surface area (Å²) >= 11 is 0. The van der Waals surface area contributed by atoms with Gasteiger partial charge in [-0.25, -0.2) is 0 Å². The Kier molecular flexibility index (Phi) is 7.01. The van der Waals surface area contributed by atoms with Gasteiger partial charge in [0.2, 0.25) is 11.8 Å². The van der Waals surface area contributed by atoms with Crippen LogP contribution in [0.3, 0.4) is 0 Å². The zero-order chi connectivity index (χ0) is 24.7. The van der Waals surface area contributed by atoms with E-state index in [1.54, 1.807) is 0 Å². The molecule has 0 spiro atoms. The monoisotopic (exact) mass is 470 g/mol. The van der Waals surface area contributed by atoms with Crippen LogP contribution >= 0.6 is 0 Å². The zero-order valence-electron chi connectivity index (χ0n) is 21.5. The van der Waals surface area contributed by atoms with Crippen LogP contribution in [0.1, 0.15) is 84.6 Å². The number of likely N-dealkylation sites (tertiary alicyclic amines) is 1. The number of ether oxygens (including phenoxy) is 2. The van der Waals surface area contributed by atoms with Crippen molar-refractivity contribution in [2.24, 2.45) is 29.4 Å². The van der Waals surface area contributed by atoms with Gasteiger partial charge in [-0.15, -0.1) is 0 Å². The van der Waals surface area contributed by atoms with E-state index < -0.39 is 17.6 Å². The quantitative estimate of drug-likeness (QED) is 0.550. The predicted molar refractivity (Wildman–Crippen MR) is 132 cm³/mol. The maximum absolute atomic E-state index is 13.7. The summed E-state index contributed by atoms with van der Waals surface area (Å²) in [7, 11) is 0. The van der Waals surface area contributed by atoms with Gasteiger partial charge in [-0.2, -0.15) is 0 Å². The zero-order valence-corrected chi connectivity index (χ0v) is 21.5. The van der Waals surface area contributed by atoms with E-state index >= 15 is 0 Å². The smallest absolute Gasteiger partial charge is 0.238 e. The maximum atomic E-state index is 13.7. The molecule has 6 heteroatoms. The largest absolute Gasteiger partial charge is 0.468 e. The summed E-state index contributed by atoms with van der Waals surface area (Å²) in [6, 6.07) is 7.74. The minimum atomic E-state index is -0.839. The van der Waals surface area contributed by atoms with Gasteiger partial charge in [0.15, 0.2) is 5.72 Å². The Bertz CT molecular complexity index is 913. The SMILES string of the molecule is CC(C)CC[C@H](CCN1C(=O)[C@@H](C(N)=O)[C@H]2C[C@@]1(C)Oc1ccccc12)[C@@H]1CCOC(C)(C)C1. The van der Waals surface area contributed by atoms with Crippen molar-refractivity contribution in [2.75, 3.05) is 13.2 Å². The van der Waals surface area contributed by atoms with Gasteiger partial charge in [0.25, 0.3) is 0 Å². The third-order valence-corrected chi connectivity index (χ3v) is 8.30. The molecule has 3 aliphatic heterocycles. The highest BCUT2D eigenvalue weighted by atomic mass is 16.5. The Balaban J connectivity index is 1.57. The van der Waals surface area contributed by atoms with Crippen LogP contribution in [0.5, 0.6) is 5.75 Å². The van der Waals surface area contributed by atoms with E-state index in [2.05, 4.69) is 27.7 Å². The van der Waals surface area contributed by atoms with Gasteiger partial charge < -0.3 is 20.1 Å². The van der Waals surface area contributed by atoms with E-state index in [1.807, 2.05) is 36.1 Å². The van der Waals surface area contributed by atoms with Crippen molar-refractivity contribution < 1.29 is 19.1 Å². The lowest BCUT2D eigenvalue weighted by atomic mass is 9.72. The molecule has 34 heavy (non-hydrogen) atoms. The molecule has 1 aromatic carbocycles. The van der Waals surface area contributed by atoms with E-state index in [1.165, 1.54) is 6.42 Å². The first-order valence-electron chi connectivity index (χ1n) is 13.0. The normalized spacial score (nSPS) is 31.1. The molecule has 3 aliphatic rings. The second-order valence-electron chi connectivity index (χ2n) is 11.9. The van der Waals surface area contributed by atoms with E-state index in [9.17, 15) is 9.59 Å². The molecule has 6 nitrogen and oxygen atoms in total. The maximum Gasteiger partial charge on any atom is 0.238 e. The standard InChI is InChI=1S/C28H42N2O4/c1-18(2)10-11-19(20-13-15-33-27(3,4)16-20)12-14-30-26(32)24(25(29)31)22-17-28(30,5)34-23-9-7-6-8-21(22)23/h6-9,18-20,22,24H,10-17H2,1-5H3,(H2,29,31)/t19-,20-,22+,24-,28-/m1/s1. The third-order valence-electron chi connectivity index (χ3n) is 8.30. The Morgan fingerprint density at radius 1 is 1.15 bits per heavy atom. The van der Waals surface area contributed by atoms with Gasteiger partial charge in [0.05, 0.1) is 5.60 Å². The van der Waals surface area contributed by atoms with Crippen molar-refractivity contribution in [2.45, 2.75) is 90.4 Å². The van der Waals surface area contributed by atoms with Crippen molar-refractivity contribution >= 4 is 11.8 Å². The summed E-state index contributed by atoms with van der Waals surface area (Å²) in [5, 5.41) is 0. The molecule has 4 rings (SSSR count). The lowest BCUT2D eigenvalue weighted by Gasteiger charge is -2.53. The van der Waals surface area contributed by atoms with E-state index in [0.717, 1.165) is 43.6 Å². The highest BCUT2D eigenvalue weighted by molar-refractivity contribution is 6.01. The molecule has 0 saturated carbocycles. The van der Waals surface area contributed by atoms with Crippen LogP contribution < -0.4 is 10.5 Å². The first-order chi connectivity index (χ1) is 16.0. The summed E-state index contributed by atoms with van der Waals surface area (Å²) in [6.45, 7) is 12.3. The van der Waals surface area contributed by atoms with Crippen LogP contribution in [0.4, 0.5) is 0 Å². The van der Waals surface area contributed by atoms with Crippen molar-refractivity contribution in [3.63, 3.8) is 0 Å². The number of primary amides is 1.